The third-order valence-electron chi connectivity index (χ3n) is 3.41. The Bertz CT molecular complexity index is 595. The minimum Gasteiger partial charge on any atom is -0.487 e. The van der Waals surface area contributed by atoms with Crippen molar-refractivity contribution in [1.82, 2.24) is 15.1 Å². The molecule has 1 aromatic heterocycles. The summed E-state index contributed by atoms with van der Waals surface area (Å²) in [5, 5.41) is 8.43. The van der Waals surface area contributed by atoms with Gasteiger partial charge in [-0.05, 0) is 19.0 Å². The molecule has 0 saturated carbocycles. The largest absolute Gasteiger partial charge is 0.487 e. The molecule has 0 aliphatic carbocycles. The van der Waals surface area contributed by atoms with E-state index in [1.807, 2.05) is 32.2 Å². The molecule has 4 nitrogen and oxygen atoms in total. The van der Waals surface area contributed by atoms with Crippen LogP contribution in [-0.4, -0.2) is 16.3 Å². The number of nitrogens with zero attached hydrogens (tertiary/aromatic N) is 2. The van der Waals surface area contributed by atoms with Crippen LogP contribution in [0.4, 0.5) is 0 Å². The van der Waals surface area contributed by atoms with E-state index in [1.165, 1.54) is 0 Å². The van der Waals surface area contributed by atoms with Crippen LogP contribution in [0.1, 0.15) is 30.8 Å². The van der Waals surface area contributed by atoms with E-state index in [9.17, 15) is 0 Å². The third kappa shape index (κ3) is 3.77. The van der Waals surface area contributed by atoms with Crippen LogP contribution in [0.15, 0.2) is 24.3 Å². The first-order valence-electron chi connectivity index (χ1n) is 7.29. The van der Waals surface area contributed by atoms with Gasteiger partial charge in [-0.25, -0.2) is 0 Å². The highest BCUT2D eigenvalue weighted by atomic mass is 35.5. The Hall–Kier alpha value is -1.52. The second-order valence-electron chi connectivity index (χ2n) is 4.86. The van der Waals surface area contributed by atoms with Gasteiger partial charge in [-0.2, -0.15) is 5.10 Å². The summed E-state index contributed by atoms with van der Waals surface area (Å²) < 4.78 is 7.75. The van der Waals surface area contributed by atoms with Crippen molar-refractivity contribution < 1.29 is 4.74 Å². The lowest BCUT2D eigenvalue weighted by Crippen LogP contribution is -2.13. The molecule has 0 bridgehead atoms. The summed E-state index contributed by atoms with van der Waals surface area (Å²) in [4.78, 5) is 0. The van der Waals surface area contributed by atoms with Crippen LogP contribution in [0, 0.1) is 0 Å². The quantitative estimate of drug-likeness (QED) is 0.853. The molecule has 0 radical (unpaired) electrons. The van der Waals surface area contributed by atoms with E-state index in [1.54, 1.807) is 4.68 Å². The van der Waals surface area contributed by atoms with Crippen LogP contribution >= 0.6 is 11.6 Å². The van der Waals surface area contributed by atoms with Gasteiger partial charge in [0.05, 0.1) is 16.4 Å². The van der Waals surface area contributed by atoms with Gasteiger partial charge in [0.15, 0.2) is 0 Å². The smallest absolute Gasteiger partial charge is 0.131 e. The number of nitrogens with one attached hydrogen (secondary N) is 1. The van der Waals surface area contributed by atoms with Crippen LogP contribution in [0.5, 0.6) is 5.75 Å². The van der Waals surface area contributed by atoms with Crippen molar-refractivity contribution in [2.75, 3.05) is 6.54 Å². The molecule has 5 heteroatoms. The molecule has 0 spiro atoms. The number of para-hydroxylation sites is 1. The van der Waals surface area contributed by atoms with Gasteiger partial charge in [0.2, 0.25) is 0 Å². The van der Waals surface area contributed by atoms with Crippen molar-refractivity contribution in [3.05, 3.63) is 46.2 Å². The molecule has 21 heavy (non-hydrogen) atoms. The van der Waals surface area contributed by atoms with E-state index in [4.69, 9.17) is 16.3 Å². The maximum atomic E-state index is 6.34. The monoisotopic (exact) mass is 307 g/mol. The Kier molecular flexibility index (Phi) is 5.65. The number of benzene rings is 1. The first-order chi connectivity index (χ1) is 10.2. The fourth-order valence-electron chi connectivity index (χ4n) is 2.17. The molecule has 0 unspecified atom stereocenters. The number of hydrogen-bond donors (Lipinski definition) is 1. The van der Waals surface area contributed by atoms with Gasteiger partial charge in [0, 0.05) is 19.2 Å². The minimum atomic E-state index is 0.422. The second-order valence-corrected chi connectivity index (χ2v) is 5.24. The first-order valence-corrected chi connectivity index (χ1v) is 7.66. The van der Waals surface area contributed by atoms with Crippen molar-refractivity contribution in [2.24, 2.45) is 7.05 Å². The summed E-state index contributed by atoms with van der Waals surface area (Å²) >= 11 is 6.34. The first kappa shape index (κ1) is 15.9. The average Bonchev–Trinajstić information content (AvgIpc) is 2.78. The summed E-state index contributed by atoms with van der Waals surface area (Å²) in [5.74, 6) is 0.883. The lowest BCUT2D eigenvalue weighted by Gasteiger charge is -2.12. The zero-order valence-corrected chi connectivity index (χ0v) is 13.6. The highest BCUT2D eigenvalue weighted by Crippen LogP contribution is 2.24. The molecule has 2 rings (SSSR count). The fourth-order valence-corrected chi connectivity index (χ4v) is 2.52. The van der Waals surface area contributed by atoms with E-state index in [0.717, 1.165) is 42.2 Å². The fraction of sp³-hybridized carbons (Fsp3) is 0.438. The highest BCUT2D eigenvalue weighted by molar-refractivity contribution is 6.31. The van der Waals surface area contributed by atoms with Gasteiger partial charge in [0.25, 0.3) is 0 Å². The lowest BCUT2D eigenvalue weighted by atomic mass is 10.2. The molecule has 1 N–H and O–H groups in total. The second kappa shape index (κ2) is 7.48. The molecule has 0 atom stereocenters. The topological polar surface area (TPSA) is 39.1 Å². The molecule has 0 fully saturated rings. The van der Waals surface area contributed by atoms with Crippen LogP contribution in [0.25, 0.3) is 0 Å². The predicted octanol–water partition coefficient (Wildman–Crippen LogP) is 3.32. The summed E-state index contributed by atoms with van der Waals surface area (Å²) in [7, 11) is 1.90. The maximum Gasteiger partial charge on any atom is 0.131 e. The average molecular weight is 308 g/mol. The summed E-state index contributed by atoms with van der Waals surface area (Å²) in [6.07, 6.45) is 0.823. The lowest BCUT2D eigenvalue weighted by molar-refractivity contribution is 0.291. The van der Waals surface area contributed by atoms with Gasteiger partial charge in [0.1, 0.15) is 12.4 Å². The SMILES string of the molecule is CCNCc1ccccc1OCc1c(Cl)c(CC)nn1C. The van der Waals surface area contributed by atoms with Gasteiger partial charge < -0.3 is 10.1 Å². The third-order valence-corrected chi connectivity index (χ3v) is 3.84. The molecule has 0 aliphatic rings. The number of ether oxygens (including phenoxy) is 1. The Labute approximate surface area is 131 Å². The van der Waals surface area contributed by atoms with Crippen molar-refractivity contribution in [1.29, 1.82) is 0 Å². The number of hydrogen-bond acceptors (Lipinski definition) is 3. The van der Waals surface area contributed by atoms with Gasteiger partial charge >= 0.3 is 0 Å². The van der Waals surface area contributed by atoms with E-state index >= 15 is 0 Å². The van der Waals surface area contributed by atoms with E-state index in [0.29, 0.717) is 11.6 Å². The number of aromatic nitrogens is 2. The summed E-state index contributed by atoms with van der Waals surface area (Å²) in [6, 6.07) is 8.05. The molecular formula is C16H22ClN3O. The van der Waals surface area contributed by atoms with E-state index in [-0.39, 0.29) is 0 Å². The summed E-state index contributed by atoms with van der Waals surface area (Å²) in [5.41, 5.74) is 2.97. The predicted molar refractivity (Wildman–Crippen MR) is 85.8 cm³/mol. The van der Waals surface area contributed by atoms with Gasteiger partial charge in [-0.15, -0.1) is 0 Å². The number of rotatable bonds is 7. The zero-order chi connectivity index (χ0) is 15.2. The molecule has 0 saturated heterocycles. The highest BCUT2D eigenvalue weighted by Gasteiger charge is 2.14. The molecule has 1 heterocycles. The normalized spacial score (nSPS) is 10.9. The molecule has 0 aliphatic heterocycles. The van der Waals surface area contributed by atoms with Gasteiger partial charge in [-0.1, -0.05) is 43.6 Å². The van der Waals surface area contributed by atoms with Crippen molar-refractivity contribution in [3.8, 4) is 5.75 Å². The van der Waals surface area contributed by atoms with Crippen molar-refractivity contribution in [3.63, 3.8) is 0 Å². The van der Waals surface area contributed by atoms with Crippen LogP contribution < -0.4 is 10.1 Å². The Morgan fingerprint density at radius 3 is 2.71 bits per heavy atom. The summed E-state index contributed by atoms with van der Waals surface area (Å²) in [6.45, 7) is 6.29. The van der Waals surface area contributed by atoms with Crippen molar-refractivity contribution in [2.45, 2.75) is 33.4 Å². The maximum absolute atomic E-state index is 6.34. The van der Waals surface area contributed by atoms with Gasteiger partial charge in [-0.3, -0.25) is 4.68 Å². The Morgan fingerprint density at radius 2 is 2.05 bits per heavy atom. The van der Waals surface area contributed by atoms with Crippen LogP contribution in [-0.2, 0) is 26.6 Å². The zero-order valence-electron chi connectivity index (χ0n) is 12.8. The standard InChI is InChI=1S/C16H22ClN3O/c1-4-13-16(17)14(20(3)19-13)11-21-15-9-7-6-8-12(15)10-18-5-2/h6-9,18H,4-5,10-11H2,1-3H3. The molecule has 1 aromatic carbocycles. The molecule has 0 amide bonds. The van der Waals surface area contributed by atoms with Crippen LogP contribution in [0.3, 0.4) is 0 Å². The molecule has 2 aromatic rings. The minimum absolute atomic E-state index is 0.422. The van der Waals surface area contributed by atoms with E-state index < -0.39 is 0 Å². The Balaban J connectivity index is 2.11. The number of aryl methyl sites for hydroxylation is 2. The molecular weight excluding hydrogens is 286 g/mol. The molecule has 114 valence electrons. The van der Waals surface area contributed by atoms with E-state index in [2.05, 4.69) is 23.4 Å². The number of halogens is 1. The Morgan fingerprint density at radius 1 is 1.29 bits per heavy atom. The van der Waals surface area contributed by atoms with Crippen LogP contribution in [0.2, 0.25) is 5.02 Å². The van der Waals surface area contributed by atoms with Crippen molar-refractivity contribution >= 4 is 11.6 Å².